The molecule has 2 fully saturated rings. The van der Waals surface area contributed by atoms with Crippen molar-refractivity contribution in [2.75, 3.05) is 27.4 Å². The molecular weight excluding hydrogens is 598 g/mol. The second-order valence-electron chi connectivity index (χ2n) is 12.2. The van der Waals surface area contributed by atoms with E-state index >= 15 is 0 Å². The molecule has 4 aliphatic rings. The number of ketones is 2. The Morgan fingerprint density at radius 2 is 1.76 bits per heavy atom. The van der Waals surface area contributed by atoms with E-state index in [2.05, 4.69) is 10.6 Å². The first-order valence-electron chi connectivity index (χ1n) is 14.2. The highest BCUT2D eigenvalue weighted by atomic mass is 16.6. The van der Waals surface area contributed by atoms with Gasteiger partial charge in [0.25, 0.3) is 5.91 Å². The van der Waals surface area contributed by atoms with Gasteiger partial charge < -0.3 is 56.0 Å². The summed E-state index contributed by atoms with van der Waals surface area (Å²) >= 11 is 0. The normalized spacial score (nSPS) is 38.2. The number of nitrogens with one attached hydrogen (secondary N) is 2. The lowest BCUT2D eigenvalue weighted by molar-refractivity contribution is -0.254. The summed E-state index contributed by atoms with van der Waals surface area (Å²) in [6, 6.07) is 1.41. The molecule has 11 N–H and O–H groups in total. The van der Waals surface area contributed by atoms with Gasteiger partial charge >= 0.3 is 0 Å². The van der Waals surface area contributed by atoms with Crippen molar-refractivity contribution in [3.05, 3.63) is 46.2 Å². The van der Waals surface area contributed by atoms with Crippen LogP contribution in [0.25, 0.3) is 5.76 Å². The number of benzene rings is 1. The summed E-state index contributed by atoms with van der Waals surface area (Å²) in [4.78, 5) is 42.6. The van der Waals surface area contributed by atoms with Crippen LogP contribution < -0.4 is 10.6 Å². The Balaban J connectivity index is 1.50. The fraction of sp³-hybridized carbons (Fsp3) is 0.552. The first-order valence-corrected chi connectivity index (χ1v) is 14.2. The molecule has 1 heterocycles. The Labute approximate surface area is 256 Å². The molecule has 10 unspecified atom stereocenters. The van der Waals surface area contributed by atoms with Gasteiger partial charge in [-0.3, -0.25) is 24.6 Å². The average molecular weight is 636 g/mol. The van der Waals surface area contributed by atoms with E-state index in [0.717, 1.165) is 0 Å². The highest BCUT2D eigenvalue weighted by molar-refractivity contribution is 6.25. The number of phenols is 1. The molecule has 0 aromatic heterocycles. The maximum absolute atomic E-state index is 14.1. The highest BCUT2D eigenvalue weighted by Crippen LogP contribution is 2.57. The first kappa shape index (κ1) is 32.9. The van der Waals surface area contributed by atoms with E-state index in [9.17, 15) is 60.3 Å². The van der Waals surface area contributed by atoms with Gasteiger partial charge in [0, 0.05) is 17.4 Å². The van der Waals surface area contributed by atoms with Crippen molar-refractivity contribution < 1.29 is 65.1 Å². The zero-order valence-electron chi connectivity index (χ0n) is 24.6. The molecule has 1 amide bonds. The number of ether oxygens (including phenoxy) is 1. The minimum atomic E-state index is -2.91. The number of carbonyl (C=O) groups is 3. The minimum absolute atomic E-state index is 0.112. The lowest BCUT2D eigenvalue weighted by Crippen LogP contribution is -2.67. The van der Waals surface area contributed by atoms with Crippen LogP contribution in [-0.2, 0) is 24.7 Å². The number of rotatable bonds is 6. The fourth-order valence-corrected chi connectivity index (χ4v) is 7.14. The predicted octanol–water partition coefficient (Wildman–Crippen LogP) is -3.39. The SMILES string of the molecule is CN(C)C1C(=O)C(C(=O)NCNC2C(O)OC(CO)C(O)C2O)=C(O)C2(O)C(=O)C3=C(O)c4c(O)cccc4C(C)(O)C3CC12. The molecule has 45 heavy (non-hydrogen) atoms. The van der Waals surface area contributed by atoms with Crippen LogP contribution in [0.2, 0.25) is 0 Å². The topological polar surface area (TPSA) is 270 Å². The number of phenolic OH excluding ortho intramolecular Hbond substituents is 1. The van der Waals surface area contributed by atoms with Crippen molar-refractivity contribution in [2.45, 2.75) is 61.2 Å². The number of hydrogen-bond acceptors (Lipinski definition) is 15. The molecule has 0 spiro atoms. The van der Waals surface area contributed by atoms with Gasteiger partial charge in [0.1, 0.15) is 41.2 Å². The lowest BCUT2D eigenvalue weighted by Gasteiger charge is -2.53. The molecule has 16 heteroatoms. The zero-order chi connectivity index (χ0) is 33.3. The number of fused-ring (bicyclic) bond motifs is 3. The smallest absolute Gasteiger partial charge is 0.259 e. The van der Waals surface area contributed by atoms with Crippen molar-refractivity contribution >= 4 is 23.2 Å². The molecule has 246 valence electrons. The van der Waals surface area contributed by atoms with Crippen LogP contribution >= 0.6 is 0 Å². The maximum Gasteiger partial charge on any atom is 0.259 e. The first-order chi connectivity index (χ1) is 21.0. The van der Waals surface area contributed by atoms with Gasteiger partial charge in [-0.1, -0.05) is 12.1 Å². The van der Waals surface area contributed by atoms with Crippen molar-refractivity contribution in [3.63, 3.8) is 0 Å². The van der Waals surface area contributed by atoms with Crippen LogP contribution in [-0.4, -0.2) is 138 Å². The van der Waals surface area contributed by atoms with E-state index in [0.29, 0.717) is 0 Å². The summed E-state index contributed by atoms with van der Waals surface area (Å²) in [7, 11) is 2.91. The molecule has 16 nitrogen and oxygen atoms in total. The number of nitrogens with zero attached hydrogens (tertiary/aromatic N) is 1. The Bertz CT molecular complexity index is 1490. The number of likely N-dealkylation sites (N-methyl/N-ethyl adjacent to an activating group) is 1. The van der Waals surface area contributed by atoms with E-state index in [1.165, 1.54) is 44.1 Å². The second-order valence-corrected chi connectivity index (χ2v) is 12.2. The molecule has 1 aromatic rings. The third kappa shape index (κ3) is 4.76. The van der Waals surface area contributed by atoms with E-state index in [1.807, 2.05) is 0 Å². The van der Waals surface area contributed by atoms with Crippen LogP contribution in [0.5, 0.6) is 5.75 Å². The summed E-state index contributed by atoms with van der Waals surface area (Å²) < 4.78 is 5.04. The van der Waals surface area contributed by atoms with Crippen LogP contribution in [0.15, 0.2) is 35.1 Å². The number of carbonyl (C=O) groups excluding carboxylic acids is 3. The van der Waals surface area contributed by atoms with Crippen LogP contribution in [0.1, 0.15) is 24.5 Å². The van der Waals surface area contributed by atoms with Gasteiger partial charge in [-0.2, -0.15) is 0 Å². The van der Waals surface area contributed by atoms with Crippen molar-refractivity contribution in [1.29, 1.82) is 0 Å². The Morgan fingerprint density at radius 1 is 1.09 bits per heavy atom. The summed E-state index contributed by atoms with van der Waals surface area (Å²) in [5.41, 5.74) is -6.35. The number of amides is 1. The van der Waals surface area contributed by atoms with Gasteiger partial charge in [0.2, 0.25) is 5.78 Å². The van der Waals surface area contributed by atoms with Crippen molar-refractivity contribution in [3.8, 4) is 5.75 Å². The third-order valence-electron chi connectivity index (χ3n) is 9.49. The van der Waals surface area contributed by atoms with Crippen molar-refractivity contribution in [2.24, 2.45) is 11.8 Å². The van der Waals surface area contributed by atoms with Gasteiger partial charge in [-0.05, 0) is 39.1 Å². The molecule has 0 bridgehead atoms. The second kappa shape index (κ2) is 11.4. The molecule has 1 saturated carbocycles. The monoisotopic (exact) mass is 635 g/mol. The molecule has 1 aromatic carbocycles. The van der Waals surface area contributed by atoms with Gasteiger partial charge in [0.05, 0.1) is 36.5 Å². The van der Waals surface area contributed by atoms with Gasteiger partial charge in [0.15, 0.2) is 17.7 Å². The summed E-state index contributed by atoms with van der Waals surface area (Å²) in [6.07, 6.45) is -6.52. The summed E-state index contributed by atoms with van der Waals surface area (Å²) in [5, 5.41) is 101. The Hall–Kier alpha value is -3.45. The number of aliphatic hydroxyl groups is 8. The molecular formula is C29H37N3O13. The number of Topliss-reactive ketones (excluding diaryl/α,β-unsaturated/α-hetero) is 2. The van der Waals surface area contributed by atoms with Gasteiger partial charge in [-0.25, -0.2) is 0 Å². The van der Waals surface area contributed by atoms with Crippen LogP contribution in [0, 0.1) is 11.8 Å². The summed E-state index contributed by atoms with van der Waals surface area (Å²) in [5.74, 6) is -8.49. The molecule has 1 aliphatic heterocycles. The molecule has 3 aliphatic carbocycles. The summed E-state index contributed by atoms with van der Waals surface area (Å²) in [6.45, 7) is 0.104. The molecule has 1 saturated heterocycles. The van der Waals surface area contributed by atoms with E-state index in [1.54, 1.807) is 0 Å². The lowest BCUT2D eigenvalue weighted by atomic mass is 9.54. The van der Waals surface area contributed by atoms with Gasteiger partial charge in [-0.15, -0.1) is 0 Å². The quantitative estimate of drug-likeness (QED) is 0.107. The Morgan fingerprint density at radius 3 is 2.38 bits per heavy atom. The third-order valence-corrected chi connectivity index (χ3v) is 9.49. The standard InChI is InChI=1S/C29H37N3O13/c1-28(43)10-5-4-6-13(34)15(10)21(36)16-11(28)7-12-19(32(2)3)22(37)17(25(40)29(12,44)24(16)39)26(41)31-9-30-18-23(38)20(35)14(8-33)45-27(18)42/h4-6,11-12,14,18-20,23,27,30,33-36,38,40,42-44H,7-9H2,1-3H3,(H,31,41). The highest BCUT2D eigenvalue weighted by Gasteiger charge is 2.66. The largest absolute Gasteiger partial charge is 0.508 e. The predicted molar refractivity (Wildman–Crippen MR) is 151 cm³/mol. The van der Waals surface area contributed by atoms with E-state index < -0.39 is 119 Å². The van der Waals surface area contributed by atoms with Crippen LogP contribution in [0.4, 0.5) is 0 Å². The maximum atomic E-state index is 14.1. The number of aliphatic hydroxyl groups excluding tert-OH is 6. The molecule has 10 atom stereocenters. The minimum Gasteiger partial charge on any atom is -0.508 e. The number of aromatic hydroxyl groups is 1. The van der Waals surface area contributed by atoms with Crippen LogP contribution in [0.3, 0.4) is 0 Å². The van der Waals surface area contributed by atoms with E-state index in [-0.39, 0.29) is 17.5 Å². The molecule has 5 rings (SSSR count). The number of hydrogen-bond donors (Lipinski definition) is 11. The Kier molecular flexibility index (Phi) is 8.35. The van der Waals surface area contributed by atoms with E-state index in [4.69, 9.17) is 4.74 Å². The van der Waals surface area contributed by atoms with Crippen molar-refractivity contribution in [1.82, 2.24) is 15.5 Å². The zero-order valence-corrected chi connectivity index (χ0v) is 24.6. The fourth-order valence-electron chi connectivity index (χ4n) is 7.14. The molecule has 0 radical (unpaired) electrons. The average Bonchev–Trinajstić information content (AvgIpc) is 2.97.